The van der Waals surface area contributed by atoms with Crippen LogP contribution in [-0.4, -0.2) is 40.4 Å². The molecule has 1 heterocycles. The molecule has 1 aliphatic rings. The van der Waals surface area contributed by atoms with Crippen LogP contribution in [-0.2, 0) is 0 Å². The second-order valence-electron chi connectivity index (χ2n) is 4.48. The number of nitrogens with one attached hydrogen (secondary N) is 1. The molecule has 0 bridgehead atoms. The number of hydrogen-bond donors (Lipinski definition) is 1. The predicted octanol–water partition coefficient (Wildman–Crippen LogP) is 1.89. The van der Waals surface area contributed by atoms with Crippen molar-refractivity contribution >= 4 is 5.69 Å². The predicted molar refractivity (Wildman–Crippen MR) is 73.9 cm³/mol. The van der Waals surface area contributed by atoms with Crippen LogP contribution in [0.15, 0.2) is 18.2 Å². The molecule has 4 nitrogen and oxygen atoms in total. The molecule has 0 radical (unpaired) electrons. The van der Waals surface area contributed by atoms with Crippen LogP contribution in [0.4, 0.5) is 5.69 Å². The van der Waals surface area contributed by atoms with Gasteiger partial charge in [0.05, 0.1) is 19.9 Å². The molecule has 1 N–H and O–H groups in total. The topological polar surface area (TPSA) is 33.7 Å². The van der Waals surface area contributed by atoms with Gasteiger partial charge in [-0.25, -0.2) is 0 Å². The Balaban J connectivity index is 2.19. The molecular weight excluding hydrogens is 228 g/mol. The Morgan fingerprint density at radius 2 is 1.94 bits per heavy atom. The SMILES string of the molecule is COc1ccc(N2CCCCNCC2)c(OC)c1. The third kappa shape index (κ3) is 3.07. The first-order valence-electron chi connectivity index (χ1n) is 6.53. The van der Waals surface area contributed by atoms with Crippen molar-refractivity contribution in [1.82, 2.24) is 5.32 Å². The molecule has 0 aromatic heterocycles. The van der Waals surface area contributed by atoms with Gasteiger partial charge in [0.2, 0.25) is 0 Å². The lowest BCUT2D eigenvalue weighted by Gasteiger charge is -2.28. The lowest BCUT2D eigenvalue weighted by atomic mass is 10.2. The molecule has 1 saturated heterocycles. The highest BCUT2D eigenvalue weighted by molar-refractivity contribution is 5.61. The Bertz CT molecular complexity index is 374. The minimum Gasteiger partial charge on any atom is -0.497 e. The van der Waals surface area contributed by atoms with E-state index in [-0.39, 0.29) is 0 Å². The zero-order chi connectivity index (χ0) is 12.8. The van der Waals surface area contributed by atoms with Crippen LogP contribution in [0, 0.1) is 0 Å². The van der Waals surface area contributed by atoms with Crippen LogP contribution < -0.4 is 19.7 Å². The van der Waals surface area contributed by atoms with Crippen molar-refractivity contribution in [1.29, 1.82) is 0 Å². The third-order valence-electron chi connectivity index (χ3n) is 3.32. The Kier molecular flexibility index (Phi) is 4.70. The molecule has 0 atom stereocenters. The van der Waals surface area contributed by atoms with E-state index < -0.39 is 0 Å². The number of nitrogens with zero attached hydrogens (tertiary/aromatic N) is 1. The second kappa shape index (κ2) is 6.50. The summed E-state index contributed by atoms with van der Waals surface area (Å²) >= 11 is 0. The van der Waals surface area contributed by atoms with E-state index in [4.69, 9.17) is 9.47 Å². The van der Waals surface area contributed by atoms with E-state index >= 15 is 0 Å². The zero-order valence-electron chi connectivity index (χ0n) is 11.2. The largest absolute Gasteiger partial charge is 0.497 e. The maximum Gasteiger partial charge on any atom is 0.145 e. The summed E-state index contributed by atoms with van der Waals surface area (Å²) in [5.41, 5.74) is 1.15. The lowest BCUT2D eigenvalue weighted by molar-refractivity contribution is 0.393. The van der Waals surface area contributed by atoms with Crippen molar-refractivity contribution in [3.8, 4) is 11.5 Å². The summed E-state index contributed by atoms with van der Waals surface area (Å²) in [6, 6.07) is 6.02. The quantitative estimate of drug-likeness (QED) is 0.888. The molecule has 1 aromatic rings. The summed E-state index contributed by atoms with van der Waals surface area (Å²) in [5.74, 6) is 1.72. The van der Waals surface area contributed by atoms with Crippen LogP contribution in [0.3, 0.4) is 0 Å². The van der Waals surface area contributed by atoms with Crippen molar-refractivity contribution in [2.24, 2.45) is 0 Å². The van der Waals surface area contributed by atoms with Crippen LogP contribution in [0.2, 0.25) is 0 Å². The van der Waals surface area contributed by atoms with Crippen molar-refractivity contribution < 1.29 is 9.47 Å². The maximum absolute atomic E-state index is 5.47. The van der Waals surface area contributed by atoms with Gasteiger partial charge in [-0.1, -0.05) is 0 Å². The van der Waals surface area contributed by atoms with E-state index in [0.717, 1.165) is 43.4 Å². The second-order valence-corrected chi connectivity index (χ2v) is 4.48. The number of methoxy groups -OCH3 is 2. The van der Waals surface area contributed by atoms with Crippen LogP contribution in [0.25, 0.3) is 0 Å². The first kappa shape index (κ1) is 13.0. The Morgan fingerprint density at radius 3 is 2.72 bits per heavy atom. The van der Waals surface area contributed by atoms with E-state index in [1.165, 1.54) is 12.8 Å². The van der Waals surface area contributed by atoms with Gasteiger partial charge in [0.15, 0.2) is 0 Å². The molecular formula is C14H22N2O2. The average Bonchev–Trinajstić information content (AvgIpc) is 2.38. The van der Waals surface area contributed by atoms with Crippen LogP contribution in [0.5, 0.6) is 11.5 Å². The van der Waals surface area contributed by atoms with Gasteiger partial charge in [-0.15, -0.1) is 0 Å². The highest BCUT2D eigenvalue weighted by Crippen LogP contribution is 2.32. The van der Waals surface area contributed by atoms with Gasteiger partial charge in [0, 0.05) is 25.7 Å². The minimum atomic E-state index is 0.834. The number of benzene rings is 1. The Morgan fingerprint density at radius 1 is 1.06 bits per heavy atom. The molecule has 100 valence electrons. The van der Waals surface area contributed by atoms with Gasteiger partial charge in [0.25, 0.3) is 0 Å². The van der Waals surface area contributed by atoms with Gasteiger partial charge < -0.3 is 19.7 Å². The van der Waals surface area contributed by atoms with Crippen molar-refractivity contribution in [2.45, 2.75) is 12.8 Å². The highest BCUT2D eigenvalue weighted by Gasteiger charge is 2.13. The third-order valence-corrected chi connectivity index (χ3v) is 3.32. The Hall–Kier alpha value is -1.42. The molecule has 4 heteroatoms. The Labute approximate surface area is 109 Å². The van der Waals surface area contributed by atoms with Crippen molar-refractivity contribution in [3.05, 3.63) is 18.2 Å². The highest BCUT2D eigenvalue weighted by atomic mass is 16.5. The molecule has 0 unspecified atom stereocenters. The number of ether oxygens (including phenoxy) is 2. The van der Waals surface area contributed by atoms with E-state index in [1.54, 1.807) is 14.2 Å². The fraction of sp³-hybridized carbons (Fsp3) is 0.571. The standard InChI is InChI=1S/C14H22N2O2/c1-17-12-5-6-13(14(11-12)18-2)16-9-4-3-7-15-8-10-16/h5-6,11,15H,3-4,7-10H2,1-2H3. The summed E-state index contributed by atoms with van der Waals surface area (Å²) in [6.07, 6.45) is 2.44. The van der Waals surface area contributed by atoms with E-state index in [9.17, 15) is 0 Å². The van der Waals surface area contributed by atoms with E-state index in [1.807, 2.05) is 12.1 Å². The molecule has 1 fully saturated rings. The van der Waals surface area contributed by atoms with Crippen LogP contribution >= 0.6 is 0 Å². The normalized spacial score (nSPS) is 16.9. The molecule has 1 aromatic carbocycles. The van der Waals surface area contributed by atoms with Gasteiger partial charge in [-0.3, -0.25) is 0 Å². The molecule has 0 saturated carbocycles. The minimum absolute atomic E-state index is 0.834. The van der Waals surface area contributed by atoms with Gasteiger partial charge in [-0.2, -0.15) is 0 Å². The molecule has 2 rings (SSSR count). The first-order valence-corrected chi connectivity index (χ1v) is 6.53. The molecule has 1 aliphatic heterocycles. The van der Waals surface area contributed by atoms with Gasteiger partial charge in [0.1, 0.15) is 11.5 Å². The monoisotopic (exact) mass is 250 g/mol. The number of rotatable bonds is 3. The fourth-order valence-corrected chi connectivity index (χ4v) is 2.29. The summed E-state index contributed by atoms with van der Waals surface area (Å²) in [7, 11) is 3.38. The van der Waals surface area contributed by atoms with Gasteiger partial charge in [-0.05, 0) is 31.5 Å². The lowest BCUT2D eigenvalue weighted by Crippen LogP contribution is -2.36. The molecule has 0 spiro atoms. The van der Waals surface area contributed by atoms with E-state index in [2.05, 4.69) is 16.3 Å². The zero-order valence-corrected chi connectivity index (χ0v) is 11.2. The summed E-state index contributed by atoms with van der Waals surface area (Å²) < 4.78 is 10.7. The van der Waals surface area contributed by atoms with Crippen LogP contribution in [0.1, 0.15) is 12.8 Å². The molecule has 0 aliphatic carbocycles. The van der Waals surface area contributed by atoms with Gasteiger partial charge >= 0.3 is 0 Å². The molecule has 18 heavy (non-hydrogen) atoms. The van der Waals surface area contributed by atoms with E-state index in [0.29, 0.717) is 0 Å². The summed E-state index contributed by atoms with van der Waals surface area (Å²) in [6.45, 7) is 4.26. The average molecular weight is 250 g/mol. The van der Waals surface area contributed by atoms with Crippen molar-refractivity contribution in [2.75, 3.05) is 45.3 Å². The summed E-state index contributed by atoms with van der Waals surface area (Å²) in [5, 5.41) is 3.44. The smallest absolute Gasteiger partial charge is 0.145 e. The fourth-order valence-electron chi connectivity index (χ4n) is 2.29. The first-order chi connectivity index (χ1) is 8.85. The number of anilines is 1. The molecule has 0 amide bonds. The summed E-state index contributed by atoms with van der Waals surface area (Å²) in [4.78, 5) is 2.38. The number of hydrogen-bond acceptors (Lipinski definition) is 4. The van der Waals surface area contributed by atoms with Crippen molar-refractivity contribution in [3.63, 3.8) is 0 Å². The maximum atomic E-state index is 5.47.